The lowest BCUT2D eigenvalue weighted by molar-refractivity contribution is -0.110. The molecule has 1 N–H and O–H groups in total. The molecule has 0 heterocycles. The van der Waals surface area contributed by atoms with Crippen LogP contribution in [0.15, 0.2) is 29.4 Å². The maximum atomic E-state index is 10.7. The van der Waals surface area contributed by atoms with Crippen molar-refractivity contribution in [3.05, 3.63) is 29.8 Å². The van der Waals surface area contributed by atoms with Crippen molar-refractivity contribution in [2.45, 2.75) is 13.8 Å². The van der Waals surface area contributed by atoms with Crippen LogP contribution in [-0.4, -0.2) is 11.0 Å². The molecule has 0 unspecified atom stereocenters. The zero-order chi connectivity index (χ0) is 10.6. The summed E-state index contributed by atoms with van der Waals surface area (Å²) in [7, 11) is 0. The summed E-state index contributed by atoms with van der Waals surface area (Å²) in [4.78, 5) is 10.7. The topological polar surface area (TPSA) is 41.5 Å². The van der Waals surface area contributed by atoms with Gasteiger partial charge in [-0.3, -0.25) is 10.2 Å². The van der Waals surface area contributed by atoms with Gasteiger partial charge in [-0.15, -0.1) is 0 Å². The van der Waals surface area contributed by atoms with Gasteiger partial charge >= 0.3 is 0 Å². The molecule has 74 valence electrons. The molecule has 0 aliphatic rings. The maximum absolute atomic E-state index is 10.7. The Morgan fingerprint density at radius 2 is 2.21 bits per heavy atom. The molecule has 1 aromatic carbocycles. The number of hydrazone groups is 1. The molecule has 1 aromatic rings. The predicted molar refractivity (Wildman–Crippen MR) is 58.8 cm³/mol. The zero-order valence-electron chi connectivity index (χ0n) is 8.04. The van der Waals surface area contributed by atoms with E-state index in [0.29, 0.717) is 0 Å². The van der Waals surface area contributed by atoms with Crippen molar-refractivity contribution < 1.29 is 4.79 Å². The van der Waals surface area contributed by atoms with Crippen LogP contribution in [0.3, 0.4) is 0 Å². The van der Waals surface area contributed by atoms with Gasteiger partial charge in [0, 0.05) is 6.92 Å². The number of hydrogen-bond donors (Lipinski definition) is 1. The normalized spacial score (nSPS) is 11.2. The molecule has 0 aliphatic carbocycles. The summed E-state index contributed by atoms with van der Waals surface area (Å²) in [6, 6.07) is 7.63. The number of nitrogens with zero attached hydrogens (tertiary/aromatic N) is 1. The Morgan fingerprint density at radius 1 is 1.50 bits per heavy atom. The van der Waals surface area contributed by atoms with Crippen LogP contribution >= 0.6 is 11.6 Å². The SMILES string of the molecule is CC(=O)C(Cl)=NNc1cccc(C)c1. The highest BCUT2D eigenvalue weighted by Crippen LogP contribution is 2.09. The van der Waals surface area contributed by atoms with Gasteiger partial charge in [-0.2, -0.15) is 5.10 Å². The third kappa shape index (κ3) is 3.18. The molecule has 0 aromatic heterocycles. The van der Waals surface area contributed by atoms with E-state index in [0.717, 1.165) is 11.3 Å². The van der Waals surface area contributed by atoms with Gasteiger partial charge in [0.2, 0.25) is 0 Å². The van der Waals surface area contributed by atoms with Crippen LogP contribution in [-0.2, 0) is 4.79 Å². The lowest BCUT2D eigenvalue weighted by Gasteiger charge is -2.00. The first-order chi connectivity index (χ1) is 6.59. The lowest BCUT2D eigenvalue weighted by Crippen LogP contribution is -2.04. The van der Waals surface area contributed by atoms with Gasteiger partial charge in [-0.05, 0) is 24.6 Å². The highest BCUT2D eigenvalue weighted by Gasteiger charge is 1.99. The van der Waals surface area contributed by atoms with E-state index in [2.05, 4.69) is 10.5 Å². The first kappa shape index (κ1) is 10.7. The van der Waals surface area contributed by atoms with Crippen LogP contribution in [0, 0.1) is 6.92 Å². The van der Waals surface area contributed by atoms with E-state index in [9.17, 15) is 4.79 Å². The molecule has 0 amide bonds. The van der Waals surface area contributed by atoms with Crippen molar-refractivity contribution in [1.82, 2.24) is 0 Å². The highest BCUT2D eigenvalue weighted by atomic mass is 35.5. The number of carbonyl (C=O) groups excluding carboxylic acids is 1. The van der Waals surface area contributed by atoms with Gasteiger partial charge in [0.25, 0.3) is 0 Å². The molecular formula is C10H11ClN2O. The van der Waals surface area contributed by atoms with E-state index < -0.39 is 0 Å². The standard InChI is InChI=1S/C10H11ClN2O/c1-7-4-3-5-9(6-7)12-13-10(11)8(2)14/h3-6,12H,1-2H3. The van der Waals surface area contributed by atoms with Gasteiger partial charge < -0.3 is 0 Å². The van der Waals surface area contributed by atoms with Crippen molar-refractivity contribution in [1.29, 1.82) is 0 Å². The summed E-state index contributed by atoms with van der Waals surface area (Å²) in [6.45, 7) is 3.34. The second kappa shape index (κ2) is 4.77. The molecule has 0 saturated carbocycles. The molecule has 0 aliphatic heterocycles. The molecular weight excluding hydrogens is 200 g/mol. The largest absolute Gasteiger partial charge is 0.292 e. The number of benzene rings is 1. The summed E-state index contributed by atoms with van der Waals surface area (Å²) in [5, 5.41) is 3.67. The van der Waals surface area contributed by atoms with E-state index in [4.69, 9.17) is 11.6 Å². The maximum Gasteiger partial charge on any atom is 0.191 e. The Morgan fingerprint density at radius 3 is 2.79 bits per heavy atom. The summed E-state index contributed by atoms with van der Waals surface area (Å²) in [6.07, 6.45) is 0. The van der Waals surface area contributed by atoms with E-state index >= 15 is 0 Å². The van der Waals surface area contributed by atoms with Crippen molar-refractivity contribution in [3.63, 3.8) is 0 Å². The molecule has 3 nitrogen and oxygen atoms in total. The third-order valence-corrected chi connectivity index (χ3v) is 1.94. The van der Waals surface area contributed by atoms with Crippen molar-refractivity contribution in [2.75, 3.05) is 5.43 Å². The summed E-state index contributed by atoms with van der Waals surface area (Å²) < 4.78 is 0. The van der Waals surface area contributed by atoms with Gasteiger partial charge in [0.15, 0.2) is 11.0 Å². The Hall–Kier alpha value is -1.35. The van der Waals surface area contributed by atoms with E-state index in [1.54, 1.807) is 0 Å². The minimum Gasteiger partial charge on any atom is -0.292 e. The van der Waals surface area contributed by atoms with Crippen LogP contribution in [0.25, 0.3) is 0 Å². The second-order valence-corrected chi connectivity index (χ2v) is 3.30. The smallest absolute Gasteiger partial charge is 0.191 e. The van der Waals surface area contributed by atoms with Crippen molar-refractivity contribution in [3.8, 4) is 0 Å². The Kier molecular flexibility index (Phi) is 3.65. The van der Waals surface area contributed by atoms with Crippen molar-refractivity contribution >= 4 is 28.2 Å². The van der Waals surface area contributed by atoms with Gasteiger partial charge in [0.1, 0.15) is 0 Å². The second-order valence-electron chi connectivity index (χ2n) is 2.94. The van der Waals surface area contributed by atoms with E-state index in [-0.39, 0.29) is 11.0 Å². The fourth-order valence-corrected chi connectivity index (χ4v) is 0.949. The van der Waals surface area contributed by atoms with Crippen LogP contribution in [0.4, 0.5) is 5.69 Å². The summed E-state index contributed by atoms with van der Waals surface area (Å²) in [5.41, 5.74) is 4.63. The highest BCUT2D eigenvalue weighted by molar-refractivity contribution is 6.82. The monoisotopic (exact) mass is 210 g/mol. The molecule has 1 rings (SSSR count). The Bertz CT molecular complexity index is 374. The molecule has 0 saturated heterocycles. The van der Waals surface area contributed by atoms with Crippen LogP contribution in [0.2, 0.25) is 0 Å². The van der Waals surface area contributed by atoms with E-state index in [1.807, 2.05) is 31.2 Å². The lowest BCUT2D eigenvalue weighted by atomic mass is 10.2. The van der Waals surface area contributed by atoms with Gasteiger partial charge in [-0.25, -0.2) is 0 Å². The van der Waals surface area contributed by atoms with Crippen LogP contribution in [0.5, 0.6) is 0 Å². The van der Waals surface area contributed by atoms with E-state index in [1.165, 1.54) is 6.92 Å². The number of halogens is 1. The summed E-state index contributed by atoms with van der Waals surface area (Å²) >= 11 is 5.54. The molecule has 0 spiro atoms. The fourth-order valence-electron chi connectivity index (χ4n) is 0.907. The van der Waals surface area contributed by atoms with Crippen molar-refractivity contribution in [2.24, 2.45) is 5.10 Å². The predicted octanol–water partition coefficient (Wildman–Crippen LogP) is 2.55. The number of carbonyl (C=O) groups is 1. The van der Waals surface area contributed by atoms with Gasteiger partial charge in [0.05, 0.1) is 5.69 Å². The number of Topliss-reactive ketones (excluding diaryl/α,β-unsaturated/α-hetero) is 1. The first-order valence-corrected chi connectivity index (χ1v) is 4.54. The summed E-state index contributed by atoms with van der Waals surface area (Å²) in [5.74, 6) is -0.258. The molecule has 0 bridgehead atoms. The average Bonchev–Trinajstić information content (AvgIpc) is 2.14. The number of rotatable bonds is 3. The molecule has 0 atom stereocenters. The van der Waals surface area contributed by atoms with Crippen LogP contribution in [0.1, 0.15) is 12.5 Å². The number of nitrogens with one attached hydrogen (secondary N) is 1. The number of anilines is 1. The number of ketones is 1. The molecule has 14 heavy (non-hydrogen) atoms. The molecule has 4 heteroatoms. The molecule has 0 fully saturated rings. The van der Waals surface area contributed by atoms with Crippen LogP contribution < -0.4 is 5.43 Å². The third-order valence-electron chi connectivity index (χ3n) is 1.59. The quantitative estimate of drug-likeness (QED) is 0.615. The minimum atomic E-state index is -0.258. The fraction of sp³-hybridized carbons (Fsp3) is 0.200. The first-order valence-electron chi connectivity index (χ1n) is 4.16. The van der Waals surface area contributed by atoms with Gasteiger partial charge in [-0.1, -0.05) is 23.7 Å². The molecule has 0 radical (unpaired) electrons. The number of hydrogen-bond acceptors (Lipinski definition) is 3. The Balaban J connectivity index is 2.71. The Labute approximate surface area is 87.8 Å². The minimum absolute atomic E-state index is 0.0495. The average molecular weight is 211 g/mol. The zero-order valence-corrected chi connectivity index (χ0v) is 8.80. The number of aryl methyl sites for hydroxylation is 1.